The minimum absolute atomic E-state index is 0.369. The van der Waals surface area contributed by atoms with E-state index in [1.54, 1.807) is 32.2 Å². The highest BCUT2D eigenvalue weighted by Gasteiger charge is 2.30. The lowest BCUT2D eigenvalue weighted by Gasteiger charge is -2.18. The van der Waals surface area contributed by atoms with E-state index in [-0.39, 0.29) is 6.04 Å². The summed E-state index contributed by atoms with van der Waals surface area (Å²) in [6.07, 6.45) is -2.75. The summed E-state index contributed by atoms with van der Waals surface area (Å²) < 4.78 is 39.4. The number of hydrogen-bond acceptors (Lipinski definition) is 4. The van der Waals surface area contributed by atoms with Crippen molar-refractivity contribution >= 4 is 32.7 Å². The summed E-state index contributed by atoms with van der Waals surface area (Å²) in [7, 11) is 0. The molecule has 0 fully saturated rings. The predicted octanol–water partition coefficient (Wildman–Crippen LogP) is 5.29. The molecule has 0 aliphatic heterocycles. The number of nitrogens with one attached hydrogen (secondary N) is 1. The first-order valence-electron chi connectivity index (χ1n) is 7.47. The van der Waals surface area contributed by atoms with Crippen molar-refractivity contribution in [3.63, 3.8) is 0 Å². The Balaban J connectivity index is 1.97. The first kappa shape index (κ1) is 17.6. The Labute approximate surface area is 150 Å². The van der Waals surface area contributed by atoms with Gasteiger partial charge in [0.1, 0.15) is 16.2 Å². The third kappa shape index (κ3) is 3.89. The summed E-state index contributed by atoms with van der Waals surface area (Å²) in [5.41, 5.74) is 0.510. The standard InChI is InChI=1S/C17H14BrF3N4/c1-9(11-4-3-5-12(6-11)17(19,20)21)23-16-13-7-15(18)22-8-14(13)24-10(2)25-16/h3-9H,1-2H3,(H,23,24,25)/t9-/m1/s1. The smallest absolute Gasteiger partial charge is 0.363 e. The van der Waals surface area contributed by atoms with Crippen LogP contribution in [0.2, 0.25) is 0 Å². The summed E-state index contributed by atoms with van der Waals surface area (Å²) in [4.78, 5) is 12.8. The number of benzene rings is 1. The number of pyridine rings is 1. The van der Waals surface area contributed by atoms with Crippen LogP contribution >= 0.6 is 15.9 Å². The highest BCUT2D eigenvalue weighted by atomic mass is 79.9. The van der Waals surface area contributed by atoms with Gasteiger partial charge in [0.05, 0.1) is 17.3 Å². The van der Waals surface area contributed by atoms with Gasteiger partial charge in [-0.15, -0.1) is 0 Å². The molecule has 2 aromatic heterocycles. The fraction of sp³-hybridized carbons (Fsp3) is 0.235. The van der Waals surface area contributed by atoms with Gasteiger partial charge >= 0.3 is 6.18 Å². The number of anilines is 1. The number of halogens is 4. The first-order chi connectivity index (χ1) is 11.7. The van der Waals surface area contributed by atoms with Crippen molar-refractivity contribution in [3.8, 4) is 0 Å². The molecule has 2 heterocycles. The molecule has 0 radical (unpaired) electrons. The average molecular weight is 411 g/mol. The fourth-order valence-corrected chi connectivity index (χ4v) is 2.84. The Bertz CT molecular complexity index is 927. The monoisotopic (exact) mass is 410 g/mol. The molecule has 0 saturated carbocycles. The van der Waals surface area contributed by atoms with Crippen LogP contribution in [0.25, 0.3) is 10.9 Å². The molecule has 25 heavy (non-hydrogen) atoms. The molecule has 1 N–H and O–H groups in total. The summed E-state index contributed by atoms with van der Waals surface area (Å²) >= 11 is 3.31. The van der Waals surface area contributed by atoms with Gasteiger partial charge in [-0.2, -0.15) is 13.2 Å². The second kappa shape index (κ2) is 6.59. The van der Waals surface area contributed by atoms with E-state index >= 15 is 0 Å². The van der Waals surface area contributed by atoms with E-state index in [9.17, 15) is 13.2 Å². The van der Waals surface area contributed by atoms with Crippen molar-refractivity contribution in [2.24, 2.45) is 0 Å². The van der Waals surface area contributed by atoms with Crippen LogP contribution in [0.5, 0.6) is 0 Å². The topological polar surface area (TPSA) is 50.7 Å². The van der Waals surface area contributed by atoms with E-state index in [4.69, 9.17) is 0 Å². The van der Waals surface area contributed by atoms with Gasteiger partial charge in [0.15, 0.2) is 0 Å². The Morgan fingerprint density at radius 1 is 1.16 bits per heavy atom. The van der Waals surface area contributed by atoms with Gasteiger partial charge in [-0.3, -0.25) is 0 Å². The van der Waals surface area contributed by atoms with E-state index in [1.807, 2.05) is 0 Å². The number of fused-ring (bicyclic) bond motifs is 1. The molecule has 1 atom stereocenters. The van der Waals surface area contributed by atoms with Crippen molar-refractivity contribution in [2.75, 3.05) is 5.32 Å². The van der Waals surface area contributed by atoms with E-state index in [0.29, 0.717) is 27.3 Å². The van der Waals surface area contributed by atoms with Crippen LogP contribution in [-0.2, 0) is 6.18 Å². The van der Waals surface area contributed by atoms with Crippen LogP contribution in [0.15, 0.2) is 41.1 Å². The van der Waals surface area contributed by atoms with Gasteiger partial charge in [-0.05, 0) is 53.5 Å². The zero-order valence-electron chi connectivity index (χ0n) is 13.4. The number of alkyl halides is 3. The van der Waals surface area contributed by atoms with Crippen molar-refractivity contribution in [1.29, 1.82) is 0 Å². The maximum atomic E-state index is 12.9. The van der Waals surface area contributed by atoms with Crippen LogP contribution in [0.1, 0.15) is 29.9 Å². The second-order valence-electron chi connectivity index (χ2n) is 5.63. The zero-order valence-corrected chi connectivity index (χ0v) is 15.0. The number of aryl methyl sites for hydroxylation is 1. The highest BCUT2D eigenvalue weighted by molar-refractivity contribution is 9.10. The van der Waals surface area contributed by atoms with Gasteiger partial charge < -0.3 is 5.32 Å². The lowest BCUT2D eigenvalue weighted by molar-refractivity contribution is -0.137. The molecule has 0 bridgehead atoms. The van der Waals surface area contributed by atoms with Gasteiger partial charge in [0.25, 0.3) is 0 Å². The normalized spacial score (nSPS) is 13.0. The van der Waals surface area contributed by atoms with Gasteiger partial charge in [-0.1, -0.05) is 12.1 Å². The quantitative estimate of drug-likeness (QED) is 0.596. The van der Waals surface area contributed by atoms with Crippen LogP contribution in [0.4, 0.5) is 19.0 Å². The minimum Gasteiger partial charge on any atom is -0.363 e. The molecule has 3 rings (SSSR count). The Hall–Kier alpha value is -2.22. The molecule has 130 valence electrons. The lowest BCUT2D eigenvalue weighted by Crippen LogP contribution is -2.12. The summed E-state index contributed by atoms with van der Waals surface area (Å²) in [5.74, 6) is 1.10. The molecule has 0 amide bonds. The fourth-order valence-electron chi connectivity index (χ4n) is 2.51. The number of nitrogens with zero attached hydrogens (tertiary/aromatic N) is 3. The Morgan fingerprint density at radius 3 is 2.64 bits per heavy atom. The summed E-state index contributed by atoms with van der Waals surface area (Å²) in [6.45, 7) is 3.54. The number of rotatable bonds is 3. The Kier molecular flexibility index (Phi) is 4.64. The average Bonchev–Trinajstić information content (AvgIpc) is 2.55. The molecule has 0 aliphatic carbocycles. The van der Waals surface area contributed by atoms with Crippen LogP contribution in [0.3, 0.4) is 0 Å². The van der Waals surface area contributed by atoms with Crippen LogP contribution < -0.4 is 5.32 Å². The predicted molar refractivity (Wildman–Crippen MR) is 93.3 cm³/mol. The lowest BCUT2D eigenvalue weighted by atomic mass is 10.0. The molecule has 3 aromatic rings. The summed E-state index contributed by atoms with van der Waals surface area (Å²) in [6, 6.07) is 6.66. The van der Waals surface area contributed by atoms with Crippen LogP contribution in [-0.4, -0.2) is 15.0 Å². The van der Waals surface area contributed by atoms with Gasteiger partial charge in [0.2, 0.25) is 0 Å². The first-order valence-corrected chi connectivity index (χ1v) is 8.27. The molecule has 0 spiro atoms. The maximum Gasteiger partial charge on any atom is 0.416 e. The third-order valence-electron chi connectivity index (χ3n) is 3.73. The number of aromatic nitrogens is 3. The Morgan fingerprint density at radius 2 is 1.92 bits per heavy atom. The molecular weight excluding hydrogens is 397 g/mol. The largest absolute Gasteiger partial charge is 0.416 e. The summed E-state index contributed by atoms with van der Waals surface area (Å²) in [5, 5.41) is 3.92. The van der Waals surface area contributed by atoms with Crippen molar-refractivity contribution in [2.45, 2.75) is 26.1 Å². The second-order valence-corrected chi connectivity index (χ2v) is 6.45. The number of hydrogen-bond donors (Lipinski definition) is 1. The third-order valence-corrected chi connectivity index (χ3v) is 4.16. The van der Waals surface area contributed by atoms with Crippen LogP contribution in [0, 0.1) is 6.92 Å². The molecule has 1 aromatic carbocycles. The molecule has 0 unspecified atom stereocenters. The van der Waals surface area contributed by atoms with Crippen molar-refractivity contribution in [3.05, 3.63) is 58.1 Å². The van der Waals surface area contributed by atoms with E-state index in [1.165, 1.54) is 6.07 Å². The van der Waals surface area contributed by atoms with Crippen molar-refractivity contribution < 1.29 is 13.2 Å². The highest BCUT2D eigenvalue weighted by Crippen LogP contribution is 2.32. The van der Waals surface area contributed by atoms with Gasteiger partial charge in [0, 0.05) is 11.4 Å². The zero-order chi connectivity index (χ0) is 18.2. The van der Waals surface area contributed by atoms with E-state index < -0.39 is 11.7 Å². The molecule has 0 saturated heterocycles. The SMILES string of the molecule is Cc1nc(N[C@H](C)c2cccc(C(F)(F)F)c2)c2cc(Br)ncc2n1. The van der Waals surface area contributed by atoms with E-state index in [2.05, 4.69) is 36.2 Å². The van der Waals surface area contributed by atoms with Crippen molar-refractivity contribution in [1.82, 2.24) is 15.0 Å². The maximum absolute atomic E-state index is 12.9. The van der Waals surface area contributed by atoms with Gasteiger partial charge in [-0.25, -0.2) is 15.0 Å². The molecular formula is C17H14BrF3N4. The minimum atomic E-state index is -4.37. The van der Waals surface area contributed by atoms with E-state index in [0.717, 1.165) is 17.5 Å². The molecule has 8 heteroatoms. The molecule has 0 aliphatic rings. The molecule has 4 nitrogen and oxygen atoms in total.